The maximum Gasteiger partial charge on any atom is 0.344 e. The Hall–Kier alpha value is -3.62. The van der Waals surface area contributed by atoms with Crippen molar-refractivity contribution in [2.24, 2.45) is 0 Å². The van der Waals surface area contributed by atoms with Gasteiger partial charge in [0.1, 0.15) is 24.4 Å². The molecule has 13 nitrogen and oxygen atoms in total. The van der Waals surface area contributed by atoms with E-state index in [1.807, 2.05) is 0 Å². The molecule has 1 fully saturated rings. The predicted octanol–water partition coefficient (Wildman–Crippen LogP) is -0.897. The molecule has 1 saturated heterocycles. The van der Waals surface area contributed by atoms with Crippen LogP contribution in [0, 0.1) is 0 Å². The smallest absolute Gasteiger partial charge is 0.344 e. The minimum Gasteiger partial charge on any atom is -0.502 e. The average Bonchev–Trinajstić information content (AvgIpc) is 3.30. The van der Waals surface area contributed by atoms with Crippen LogP contribution in [0.25, 0.3) is 32.7 Å². The number of aromatic hydroxyl groups is 1. The lowest BCUT2D eigenvalue weighted by atomic mass is 9.99. The Morgan fingerprint density at radius 3 is 2.32 bits per heavy atom. The zero-order valence-corrected chi connectivity index (χ0v) is 17.0. The van der Waals surface area contributed by atoms with E-state index in [1.165, 1.54) is 6.07 Å². The SMILES string of the molecule is O=c1oc2c3c(cc4c(=O)oc5c(O)c(O[C@@H]6O[C@H](CO)[C@@H](O)[C@H](O)[C@H]6O)cc1c5c24)OCO3. The molecule has 0 bridgehead atoms. The number of phenolic OH excluding ortho intramolecular Hbond substituents is 1. The lowest BCUT2D eigenvalue weighted by Crippen LogP contribution is -2.60. The highest BCUT2D eigenvalue weighted by molar-refractivity contribution is 6.22. The van der Waals surface area contributed by atoms with Gasteiger partial charge in [-0.15, -0.1) is 0 Å². The largest absolute Gasteiger partial charge is 0.502 e. The molecule has 178 valence electrons. The van der Waals surface area contributed by atoms with Gasteiger partial charge in [-0.05, 0) is 12.1 Å². The fraction of sp³-hybridized carbons (Fsp3) is 0.333. The van der Waals surface area contributed by atoms with Crippen LogP contribution in [0.1, 0.15) is 0 Å². The molecular formula is C21H16O13. The van der Waals surface area contributed by atoms with Crippen molar-refractivity contribution >= 4 is 32.7 Å². The fourth-order valence-electron chi connectivity index (χ4n) is 4.33. The Morgan fingerprint density at radius 1 is 0.912 bits per heavy atom. The molecule has 13 heteroatoms. The third-order valence-electron chi connectivity index (χ3n) is 6.01. The second-order valence-electron chi connectivity index (χ2n) is 7.93. The minimum atomic E-state index is -1.79. The van der Waals surface area contributed by atoms with Crippen LogP contribution in [-0.4, -0.2) is 69.6 Å². The third-order valence-corrected chi connectivity index (χ3v) is 6.01. The number of aliphatic hydroxyl groups is 4. The molecule has 0 radical (unpaired) electrons. The molecule has 2 aliphatic rings. The van der Waals surface area contributed by atoms with Gasteiger partial charge in [0, 0.05) is 10.8 Å². The predicted molar refractivity (Wildman–Crippen MR) is 109 cm³/mol. The number of fused-ring (bicyclic) bond motifs is 2. The Morgan fingerprint density at radius 2 is 1.59 bits per heavy atom. The first-order valence-electron chi connectivity index (χ1n) is 10.1. The van der Waals surface area contributed by atoms with Crippen molar-refractivity contribution in [2.75, 3.05) is 13.4 Å². The van der Waals surface area contributed by atoms with Crippen molar-refractivity contribution in [1.82, 2.24) is 0 Å². The summed E-state index contributed by atoms with van der Waals surface area (Å²) in [5.74, 6) is -0.833. The summed E-state index contributed by atoms with van der Waals surface area (Å²) in [6, 6.07) is 2.47. The molecule has 2 aliphatic heterocycles. The Balaban J connectivity index is 1.57. The Kier molecular flexibility index (Phi) is 4.43. The van der Waals surface area contributed by atoms with Crippen molar-refractivity contribution < 1.29 is 53.3 Å². The van der Waals surface area contributed by atoms with Crippen LogP contribution in [0.3, 0.4) is 0 Å². The van der Waals surface area contributed by atoms with Gasteiger partial charge in [-0.1, -0.05) is 0 Å². The molecule has 0 aliphatic carbocycles. The van der Waals surface area contributed by atoms with Gasteiger partial charge in [0.25, 0.3) is 0 Å². The quantitative estimate of drug-likeness (QED) is 0.180. The van der Waals surface area contributed by atoms with Gasteiger partial charge >= 0.3 is 11.3 Å². The van der Waals surface area contributed by atoms with E-state index in [0.29, 0.717) is 0 Å². The van der Waals surface area contributed by atoms with E-state index >= 15 is 0 Å². The standard InChI is InChI=1S/C21H16O13/c22-3-9-12(23)14(25)15(26)21(32-9)31-7-1-5-10-11-6(19(27)33-17(10)13(7)24)2-8-16(30-4-29-8)18(11)34-20(5)28/h1-2,9,12,14-15,21-26H,3-4H2/t9-,12-,14+,15-,21-/m1/s1. The van der Waals surface area contributed by atoms with Gasteiger partial charge < -0.3 is 53.3 Å². The summed E-state index contributed by atoms with van der Waals surface area (Å²) in [5, 5.41) is 50.5. The zero-order chi connectivity index (χ0) is 23.9. The van der Waals surface area contributed by atoms with Crippen molar-refractivity contribution in [3.63, 3.8) is 0 Å². The van der Waals surface area contributed by atoms with Crippen molar-refractivity contribution in [3.05, 3.63) is 33.0 Å². The highest BCUT2D eigenvalue weighted by atomic mass is 16.7. The number of aliphatic hydroxyl groups excluding tert-OH is 4. The van der Waals surface area contributed by atoms with Crippen LogP contribution in [0.2, 0.25) is 0 Å². The van der Waals surface area contributed by atoms with Gasteiger partial charge in [-0.25, -0.2) is 9.59 Å². The van der Waals surface area contributed by atoms with E-state index in [9.17, 15) is 35.1 Å². The van der Waals surface area contributed by atoms with Crippen molar-refractivity contribution in [1.29, 1.82) is 0 Å². The summed E-state index contributed by atoms with van der Waals surface area (Å²) in [6.07, 6.45) is -8.09. The highest BCUT2D eigenvalue weighted by Gasteiger charge is 2.45. The zero-order valence-electron chi connectivity index (χ0n) is 17.0. The van der Waals surface area contributed by atoms with Crippen LogP contribution in [0.4, 0.5) is 0 Å². The molecule has 0 amide bonds. The molecule has 6 rings (SSSR count). The molecule has 2 aromatic heterocycles. The van der Waals surface area contributed by atoms with Gasteiger partial charge in [-0.3, -0.25) is 0 Å². The monoisotopic (exact) mass is 476 g/mol. The number of rotatable bonds is 3. The molecular weight excluding hydrogens is 460 g/mol. The molecule has 4 aromatic rings. The molecule has 4 heterocycles. The van der Waals surface area contributed by atoms with Crippen LogP contribution in [-0.2, 0) is 4.74 Å². The number of ether oxygens (including phenoxy) is 4. The maximum absolute atomic E-state index is 12.8. The molecule has 0 spiro atoms. The van der Waals surface area contributed by atoms with Crippen LogP contribution >= 0.6 is 0 Å². The van der Waals surface area contributed by atoms with Crippen LogP contribution in [0.5, 0.6) is 23.0 Å². The Labute approximate surface area is 186 Å². The van der Waals surface area contributed by atoms with Crippen molar-refractivity contribution in [3.8, 4) is 23.0 Å². The van der Waals surface area contributed by atoms with Gasteiger partial charge in [-0.2, -0.15) is 0 Å². The fourth-order valence-corrected chi connectivity index (χ4v) is 4.33. The first-order chi connectivity index (χ1) is 16.3. The number of phenols is 1. The molecule has 5 atom stereocenters. The lowest BCUT2D eigenvalue weighted by Gasteiger charge is -2.39. The Bertz CT molecular complexity index is 1550. The summed E-state index contributed by atoms with van der Waals surface area (Å²) < 4.78 is 32.1. The first kappa shape index (κ1) is 20.9. The third kappa shape index (κ3) is 2.72. The summed E-state index contributed by atoms with van der Waals surface area (Å²) in [5.41, 5.74) is -2.20. The summed E-state index contributed by atoms with van der Waals surface area (Å²) >= 11 is 0. The highest BCUT2D eigenvalue weighted by Crippen LogP contribution is 2.47. The average molecular weight is 476 g/mol. The second-order valence-corrected chi connectivity index (χ2v) is 7.93. The van der Waals surface area contributed by atoms with Gasteiger partial charge in [0.05, 0.1) is 17.4 Å². The normalized spacial score (nSPS) is 26.6. The summed E-state index contributed by atoms with van der Waals surface area (Å²) in [6.45, 7) is -0.847. The van der Waals surface area contributed by atoms with E-state index in [2.05, 4.69) is 0 Å². The summed E-state index contributed by atoms with van der Waals surface area (Å²) in [7, 11) is 0. The number of hydrogen-bond donors (Lipinski definition) is 5. The molecule has 0 saturated carbocycles. The second kappa shape index (κ2) is 7.19. The number of benzene rings is 2. The summed E-state index contributed by atoms with van der Waals surface area (Å²) in [4.78, 5) is 25.6. The van der Waals surface area contributed by atoms with Gasteiger partial charge in [0.2, 0.25) is 24.6 Å². The minimum absolute atomic E-state index is 0.0301. The topological polar surface area (TPSA) is 198 Å². The first-order valence-corrected chi connectivity index (χ1v) is 10.1. The van der Waals surface area contributed by atoms with Gasteiger partial charge in [0.15, 0.2) is 22.7 Å². The van der Waals surface area contributed by atoms with E-state index in [-0.39, 0.29) is 45.4 Å². The number of hydrogen-bond acceptors (Lipinski definition) is 13. The van der Waals surface area contributed by atoms with E-state index in [4.69, 9.17) is 27.8 Å². The lowest BCUT2D eigenvalue weighted by molar-refractivity contribution is -0.277. The molecule has 2 aromatic carbocycles. The van der Waals surface area contributed by atoms with Crippen LogP contribution < -0.4 is 25.5 Å². The van der Waals surface area contributed by atoms with E-state index < -0.39 is 65.6 Å². The van der Waals surface area contributed by atoms with Crippen LogP contribution in [0.15, 0.2) is 30.6 Å². The maximum atomic E-state index is 12.8. The van der Waals surface area contributed by atoms with E-state index in [0.717, 1.165) is 6.07 Å². The molecule has 5 N–H and O–H groups in total. The molecule has 34 heavy (non-hydrogen) atoms. The van der Waals surface area contributed by atoms with Crippen molar-refractivity contribution in [2.45, 2.75) is 30.7 Å². The van der Waals surface area contributed by atoms with E-state index in [1.54, 1.807) is 0 Å². The molecule has 0 unspecified atom stereocenters.